The molecule has 3 N–H and O–H groups in total. The van der Waals surface area contributed by atoms with Gasteiger partial charge in [-0.3, -0.25) is 5.41 Å². The topological polar surface area (TPSA) is 49.9 Å². The Balaban J connectivity index is 2.37. The molecule has 0 aromatic heterocycles. The van der Waals surface area contributed by atoms with Crippen molar-refractivity contribution in [3.05, 3.63) is 34.9 Å². The first-order chi connectivity index (χ1) is 6.18. The van der Waals surface area contributed by atoms with Crippen LogP contribution in [-0.2, 0) is 6.42 Å². The van der Waals surface area contributed by atoms with E-state index in [0.29, 0.717) is 6.42 Å². The van der Waals surface area contributed by atoms with Gasteiger partial charge in [0.2, 0.25) is 0 Å². The summed E-state index contributed by atoms with van der Waals surface area (Å²) in [5.74, 6) is 0.258. The highest BCUT2D eigenvalue weighted by atomic mass is 35.5. The zero-order chi connectivity index (χ0) is 9.68. The van der Waals surface area contributed by atoms with Crippen molar-refractivity contribution in [2.45, 2.75) is 19.3 Å². The molecule has 0 saturated heterocycles. The maximum atomic E-state index is 7.05. The van der Waals surface area contributed by atoms with Gasteiger partial charge in [0.05, 0.1) is 5.84 Å². The van der Waals surface area contributed by atoms with Gasteiger partial charge >= 0.3 is 0 Å². The zero-order valence-electron chi connectivity index (χ0n) is 7.39. The molecule has 0 aliphatic carbocycles. The minimum Gasteiger partial charge on any atom is -0.388 e. The Morgan fingerprint density at radius 2 is 1.92 bits per heavy atom. The van der Waals surface area contributed by atoms with Gasteiger partial charge in [-0.25, -0.2) is 0 Å². The van der Waals surface area contributed by atoms with Crippen molar-refractivity contribution in [1.29, 1.82) is 5.41 Å². The predicted molar refractivity (Wildman–Crippen MR) is 56.3 cm³/mol. The van der Waals surface area contributed by atoms with E-state index in [-0.39, 0.29) is 5.84 Å². The molecule has 3 heteroatoms. The summed E-state index contributed by atoms with van der Waals surface area (Å²) in [5, 5.41) is 7.81. The lowest BCUT2D eigenvalue weighted by molar-refractivity contribution is 0.857. The fourth-order valence-electron chi connectivity index (χ4n) is 1.13. The molecule has 1 aromatic carbocycles. The summed E-state index contributed by atoms with van der Waals surface area (Å²) in [6.07, 6.45) is 2.55. The second-order valence-electron chi connectivity index (χ2n) is 3.01. The van der Waals surface area contributed by atoms with E-state index in [9.17, 15) is 0 Å². The van der Waals surface area contributed by atoms with Gasteiger partial charge in [-0.05, 0) is 30.5 Å². The number of amidine groups is 1. The van der Waals surface area contributed by atoms with Gasteiger partial charge in [-0.1, -0.05) is 23.7 Å². The van der Waals surface area contributed by atoms with Crippen LogP contribution in [0.4, 0.5) is 0 Å². The molecule has 0 spiro atoms. The van der Waals surface area contributed by atoms with Crippen molar-refractivity contribution in [2.24, 2.45) is 5.73 Å². The van der Waals surface area contributed by atoms with Gasteiger partial charge in [0.25, 0.3) is 0 Å². The monoisotopic (exact) mass is 196 g/mol. The van der Waals surface area contributed by atoms with Gasteiger partial charge in [-0.15, -0.1) is 0 Å². The minimum absolute atomic E-state index is 0.258. The van der Waals surface area contributed by atoms with Gasteiger partial charge in [-0.2, -0.15) is 0 Å². The smallest absolute Gasteiger partial charge is 0.0905 e. The Hall–Kier alpha value is -1.02. The molecular weight excluding hydrogens is 184 g/mol. The SMILES string of the molecule is N=C(N)CCCc1ccc(Cl)cc1. The van der Waals surface area contributed by atoms with E-state index in [1.165, 1.54) is 5.56 Å². The van der Waals surface area contributed by atoms with Crippen LogP contribution < -0.4 is 5.73 Å². The van der Waals surface area contributed by atoms with Crippen LogP contribution in [0.1, 0.15) is 18.4 Å². The molecule has 13 heavy (non-hydrogen) atoms. The Labute approximate surface area is 83.2 Å². The van der Waals surface area contributed by atoms with Crippen LogP contribution in [0.5, 0.6) is 0 Å². The quantitative estimate of drug-likeness (QED) is 0.565. The lowest BCUT2D eigenvalue weighted by Gasteiger charge is -2.00. The molecule has 0 radical (unpaired) electrons. The maximum absolute atomic E-state index is 7.05. The zero-order valence-corrected chi connectivity index (χ0v) is 8.14. The number of aryl methyl sites for hydroxylation is 1. The van der Waals surface area contributed by atoms with E-state index >= 15 is 0 Å². The number of nitrogens with one attached hydrogen (secondary N) is 1. The van der Waals surface area contributed by atoms with Crippen molar-refractivity contribution in [2.75, 3.05) is 0 Å². The van der Waals surface area contributed by atoms with E-state index < -0.39 is 0 Å². The second-order valence-corrected chi connectivity index (χ2v) is 3.44. The Morgan fingerprint density at radius 3 is 2.46 bits per heavy atom. The molecule has 0 bridgehead atoms. The third-order valence-electron chi connectivity index (χ3n) is 1.82. The first kappa shape index (κ1) is 10.1. The number of benzene rings is 1. The molecule has 0 amide bonds. The number of nitrogens with two attached hydrogens (primary N) is 1. The Bertz CT molecular complexity index is 279. The van der Waals surface area contributed by atoms with Crippen molar-refractivity contribution in [3.63, 3.8) is 0 Å². The highest BCUT2D eigenvalue weighted by Crippen LogP contribution is 2.11. The molecule has 0 atom stereocenters. The first-order valence-electron chi connectivity index (χ1n) is 4.26. The molecule has 1 aromatic rings. The normalized spacial score (nSPS) is 9.92. The fourth-order valence-corrected chi connectivity index (χ4v) is 1.26. The fraction of sp³-hybridized carbons (Fsp3) is 0.300. The molecule has 1 rings (SSSR count). The van der Waals surface area contributed by atoms with Gasteiger partial charge in [0.1, 0.15) is 0 Å². The molecule has 0 heterocycles. The summed E-state index contributed by atoms with van der Waals surface area (Å²) < 4.78 is 0. The van der Waals surface area contributed by atoms with Crippen LogP contribution in [0, 0.1) is 5.41 Å². The van der Waals surface area contributed by atoms with Crippen molar-refractivity contribution < 1.29 is 0 Å². The van der Waals surface area contributed by atoms with Crippen LogP contribution in [0.25, 0.3) is 0 Å². The number of rotatable bonds is 4. The molecular formula is C10H13ClN2. The average molecular weight is 197 g/mol. The van der Waals surface area contributed by atoms with Gasteiger partial charge in [0, 0.05) is 11.4 Å². The standard InChI is InChI=1S/C10H13ClN2/c11-9-6-4-8(5-7-9)2-1-3-10(12)13/h4-7H,1-3H2,(H3,12,13). The summed E-state index contributed by atoms with van der Waals surface area (Å²) in [4.78, 5) is 0. The van der Waals surface area contributed by atoms with Crippen LogP contribution in [0.2, 0.25) is 5.02 Å². The third-order valence-corrected chi connectivity index (χ3v) is 2.08. The van der Waals surface area contributed by atoms with Crippen molar-refractivity contribution >= 4 is 17.4 Å². The van der Waals surface area contributed by atoms with E-state index in [1.54, 1.807) is 0 Å². The largest absolute Gasteiger partial charge is 0.388 e. The second kappa shape index (κ2) is 4.87. The molecule has 70 valence electrons. The average Bonchev–Trinajstić information content (AvgIpc) is 2.08. The van der Waals surface area contributed by atoms with Gasteiger partial charge in [0.15, 0.2) is 0 Å². The lowest BCUT2D eigenvalue weighted by atomic mass is 10.1. The van der Waals surface area contributed by atoms with E-state index in [2.05, 4.69) is 0 Å². The molecule has 0 aliphatic heterocycles. The minimum atomic E-state index is 0.258. The Kier molecular flexibility index (Phi) is 3.77. The maximum Gasteiger partial charge on any atom is 0.0905 e. The summed E-state index contributed by atoms with van der Waals surface area (Å²) >= 11 is 5.74. The summed E-state index contributed by atoms with van der Waals surface area (Å²) in [6, 6.07) is 7.76. The molecule has 0 aliphatic rings. The first-order valence-corrected chi connectivity index (χ1v) is 4.63. The van der Waals surface area contributed by atoms with E-state index in [4.69, 9.17) is 22.7 Å². The van der Waals surface area contributed by atoms with E-state index in [0.717, 1.165) is 17.9 Å². The molecule has 0 saturated carbocycles. The van der Waals surface area contributed by atoms with E-state index in [1.807, 2.05) is 24.3 Å². The van der Waals surface area contributed by atoms with Crippen LogP contribution in [0.15, 0.2) is 24.3 Å². The lowest BCUT2D eigenvalue weighted by Crippen LogP contribution is -2.09. The highest BCUT2D eigenvalue weighted by molar-refractivity contribution is 6.30. The van der Waals surface area contributed by atoms with Crippen molar-refractivity contribution in [1.82, 2.24) is 0 Å². The van der Waals surface area contributed by atoms with Gasteiger partial charge < -0.3 is 5.73 Å². The number of hydrogen-bond donors (Lipinski definition) is 2. The number of hydrogen-bond acceptors (Lipinski definition) is 1. The summed E-state index contributed by atoms with van der Waals surface area (Å²) in [7, 11) is 0. The molecule has 2 nitrogen and oxygen atoms in total. The Morgan fingerprint density at radius 1 is 1.31 bits per heavy atom. The molecule has 0 unspecified atom stereocenters. The highest BCUT2D eigenvalue weighted by Gasteiger charge is 1.94. The molecule has 0 fully saturated rings. The summed E-state index contributed by atoms with van der Waals surface area (Å²) in [5.41, 5.74) is 6.48. The summed E-state index contributed by atoms with van der Waals surface area (Å²) in [6.45, 7) is 0. The predicted octanol–water partition coefficient (Wildman–Crippen LogP) is 2.60. The van der Waals surface area contributed by atoms with Crippen LogP contribution in [0.3, 0.4) is 0 Å². The number of halogens is 1. The van der Waals surface area contributed by atoms with Crippen LogP contribution in [-0.4, -0.2) is 5.84 Å². The third kappa shape index (κ3) is 3.95. The van der Waals surface area contributed by atoms with Crippen molar-refractivity contribution in [3.8, 4) is 0 Å². The van der Waals surface area contributed by atoms with Crippen LogP contribution >= 0.6 is 11.6 Å².